The number of hydrogen-bond donors (Lipinski definition) is 3. The molecule has 3 aromatic carbocycles. The Kier molecular flexibility index (Phi) is 7.59. The van der Waals surface area contributed by atoms with E-state index in [1.54, 1.807) is 22.5 Å². The molecule has 3 N–H and O–H groups in total. The average Bonchev–Trinajstić information content (AvgIpc) is 3.48. The van der Waals surface area contributed by atoms with Crippen molar-refractivity contribution in [2.75, 3.05) is 47.2 Å². The standard InChI is InChI=1S/C30H24F3N5O4S/c31-30(32,33)18-13-19(36-24-25(27(40)26(24)39)38-8-10-42-11-9-38)15-20(14-18)37-29(41)28-23(6-12-43-28)35-16-17-5-7-34-22-4-2-1-3-21(17)22/h1-7,12-15,35-36H,8-11,16H2,(H,37,41). The smallest absolute Gasteiger partial charge is 0.380 e. The average molecular weight is 608 g/mol. The number of alkyl halides is 3. The van der Waals surface area contributed by atoms with Crippen LogP contribution in [0.15, 0.2) is 75.8 Å². The van der Waals surface area contributed by atoms with E-state index in [9.17, 15) is 27.6 Å². The minimum absolute atomic E-state index is 0.0862. The lowest BCUT2D eigenvalue weighted by Gasteiger charge is -2.31. The maximum Gasteiger partial charge on any atom is 0.416 e. The van der Waals surface area contributed by atoms with Crippen molar-refractivity contribution in [3.8, 4) is 0 Å². The Morgan fingerprint density at radius 3 is 2.56 bits per heavy atom. The van der Waals surface area contributed by atoms with Gasteiger partial charge >= 0.3 is 6.18 Å². The first-order valence-electron chi connectivity index (χ1n) is 13.3. The predicted octanol–water partition coefficient (Wildman–Crippen LogP) is 5.36. The summed E-state index contributed by atoms with van der Waals surface area (Å²) in [6.45, 7) is 1.86. The maximum absolute atomic E-state index is 13.8. The number of rotatable bonds is 8. The lowest BCUT2D eigenvalue weighted by molar-refractivity contribution is -0.137. The number of ether oxygens (including phenoxy) is 1. The number of hydrogen-bond acceptors (Lipinski definition) is 9. The Morgan fingerprint density at radius 2 is 1.77 bits per heavy atom. The molecule has 1 fully saturated rings. The van der Waals surface area contributed by atoms with Crippen LogP contribution in [0.3, 0.4) is 0 Å². The van der Waals surface area contributed by atoms with Crippen LogP contribution in [0.5, 0.6) is 0 Å². The summed E-state index contributed by atoms with van der Waals surface area (Å²) in [6.07, 6.45) is -3.03. The van der Waals surface area contributed by atoms with Gasteiger partial charge in [0, 0.05) is 42.6 Å². The van der Waals surface area contributed by atoms with Gasteiger partial charge in [-0.15, -0.1) is 11.3 Å². The zero-order chi connectivity index (χ0) is 30.1. The molecule has 0 aliphatic carbocycles. The van der Waals surface area contributed by atoms with Crippen molar-refractivity contribution in [2.45, 2.75) is 12.7 Å². The quantitative estimate of drug-likeness (QED) is 0.202. The SMILES string of the molecule is O=C(Nc1cc(Nc2c(N3CCOCC3)c(=O)c2=O)cc(C(F)(F)F)c1)c1sccc1NCc1ccnc2ccccc12. The van der Waals surface area contributed by atoms with Gasteiger partial charge in [-0.1, -0.05) is 18.2 Å². The second-order valence-electron chi connectivity index (χ2n) is 9.86. The molecule has 1 aliphatic heterocycles. The number of halogens is 3. The van der Waals surface area contributed by atoms with Gasteiger partial charge in [-0.05, 0) is 47.3 Å². The van der Waals surface area contributed by atoms with Gasteiger partial charge in [0.1, 0.15) is 16.3 Å². The zero-order valence-corrected chi connectivity index (χ0v) is 23.3. The molecule has 5 aromatic rings. The van der Waals surface area contributed by atoms with Crippen LogP contribution in [-0.2, 0) is 17.5 Å². The van der Waals surface area contributed by atoms with E-state index in [-0.39, 0.29) is 27.6 Å². The molecule has 0 saturated carbocycles. The van der Waals surface area contributed by atoms with E-state index in [1.807, 2.05) is 30.3 Å². The Labute approximate surface area is 246 Å². The van der Waals surface area contributed by atoms with Gasteiger partial charge < -0.3 is 25.6 Å². The summed E-state index contributed by atoms with van der Waals surface area (Å²) in [7, 11) is 0. The van der Waals surface area contributed by atoms with Crippen molar-refractivity contribution in [1.82, 2.24) is 4.98 Å². The van der Waals surface area contributed by atoms with Crippen LogP contribution in [0.1, 0.15) is 20.8 Å². The first-order chi connectivity index (χ1) is 20.7. The number of carbonyl (C=O) groups excluding carboxylic acids is 1. The second kappa shape index (κ2) is 11.5. The van der Waals surface area contributed by atoms with E-state index in [0.29, 0.717) is 38.5 Å². The summed E-state index contributed by atoms with van der Waals surface area (Å²) in [4.78, 5) is 44.2. The number of benzene rings is 2. The lowest BCUT2D eigenvalue weighted by atomic mass is 10.1. The van der Waals surface area contributed by atoms with E-state index in [2.05, 4.69) is 20.9 Å². The van der Waals surface area contributed by atoms with E-state index in [4.69, 9.17) is 4.74 Å². The monoisotopic (exact) mass is 607 g/mol. The number of morpholine rings is 1. The lowest BCUT2D eigenvalue weighted by Crippen LogP contribution is -2.46. The van der Waals surface area contributed by atoms with Crippen LogP contribution < -0.4 is 31.7 Å². The molecule has 2 aromatic heterocycles. The van der Waals surface area contributed by atoms with Gasteiger partial charge in [-0.25, -0.2) is 0 Å². The van der Waals surface area contributed by atoms with Crippen molar-refractivity contribution in [3.05, 3.63) is 103 Å². The van der Waals surface area contributed by atoms with Crippen molar-refractivity contribution in [1.29, 1.82) is 0 Å². The topological polar surface area (TPSA) is 113 Å². The molecule has 9 nitrogen and oxygen atoms in total. The molecule has 1 aliphatic rings. The molecule has 6 rings (SSSR count). The second-order valence-corrected chi connectivity index (χ2v) is 10.8. The minimum atomic E-state index is -4.74. The fourth-order valence-corrected chi connectivity index (χ4v) is 5.74. The van der Waals surface area contributed by atoms with E-state index in [0.717, 1.165) is 39.9 Å². The normalized spacial score (nSPS) is 13.8. The largest absolute Gasteiger partial charge is 0.416 e. The Bertz CT molecular complexity index is 1890. The van der Waals surface area contributed by atoms with Gasteiger partial charge in [0.2, 0.25) is 0 Å². The van der Waals surface area contributed by atoms with Crippen LogP contribution in [-0.4, -0.2) is 37.2 Å². The Hall–Kier alpha value is -4.75. The summed E-state index contributed by atoms with van der Waals surface area (Å²) < 4.78 is 46.8. The van der Waals surface area contributed by atoms with E-state index < -0.39 is 28.5 Å². The number of nitrogens with one attached hydrogen (secondary N) is 3. The van der Waals surface area contributed by atoms with Crippen molar-refractivity contribution in [2.24, 2.45) is 0 Å². The summed E-state index contributed by atoms with van der Waals surface area (Å²) in [5.41, 5.74) is -0.436. The number of aromatic nitrogens is 1. The number of thiophene rings is 1. The van der Waals surface area contributed by atoms with Crippen molar-refractivity contribution in [3.63, 3.8) is 0 Å². The fraction of sp³-hybridized carbons (Fsp3) is 0.200. The molecule has 0 atom stereocenters. The highest BCUT2D eigenvalue weighted by Crippen LogP contribution is 2.36. The highest BCUT2D eigenvalue weighted by Gasteiger charge is 2.33. The molecule has 13 heteroatoms. The van der Waals surface area contributed by atoms with E-state index in [1.165, 1.54) is 6.07 Å². The molecule has 3 heterocycles. The Morgan fingerprint density at radius 1 is 1.00 bits per heavy atom. The molecule has 0 unspecified atom stereocenters. The molecule has 1 saturated heterocycles. The third-order valence-corrected chi connectivity index (χ3v) is 7.99. The molecule has 0 bridgehead atoms. The Balaban J connectivity index is 1.23. The summed E-state index contributed by atoms with van der Waals surface area (Å²) in [5, 5.41) is 11.2. The van der Waals surface area contributed by atoms with Crippen molar-refractivity contribution < 1.29 is 22.7 Å². The molecule has 0 spiro atoms. The van der Waals surface area contributed by atoms with E-state index >= 15 is 0 Å². The van der Waals surface area contributed by atoms with Crippen LogP contribution >= 0.6 is 11.3 Å². The number of amides is 1. The molecule has 220 valence electrons. The number of fused-ring (bicyclic) bond motifs is 1. The number of nitrogens with zero attached hydrogens (tertiary/aromatic N) is 2. The highest BCUT2D eigenvalue weighted by molar-refractivity contribution is 7.12. The number of para-hydroxylation sites is 1. The summed E-state index contributed by atoms with van der Waals surface area (Å²) in [5.74, 6) is -0.606. The third kappa shape index (κ3) is 5.81. The van der Waals surface area contributed by atoms with Crippen LogP contribution in [0.2, 0.25) is 0 Å². The first-order valence-corrected chi connectivity index (χ1v) is 14.2. The maximum atomic E-state index is 13.8. The van der Waals surface area contributed by atoms with Crippen LogP contribution in [0, 0.1) is 0 Å². The van der Waals surface area contributed by atoms with Gasteiger partial charge in [0.25, 0.3) is 16.8 Å². The van der Waals surface area contributed by atoms with Gasteiger partial charge in [-0.2, -0.15) is 13.2 Å². The van der Waals surface area contributed by atoms with Gasteiger partial charge in [0.05, 0.1) is 30.0 Å². The van der Waals surface area contributed by atoms with Crippen LogP contribution in [0.4, 0.5) is 41.6 Å². The fourth-order valence-electron chi connectivity index (χ4n) is 4.98. The molecular formula is C30H24F3N5O4S. The molecule has 0 radical (unpaired) electrons. The third-order valence-electron chi connectivity index (χ3n) is 7.08. The molecule has 43 heavy (non-hydrogen) atoms. The van der Waals surface area contributed by atoms with Crippen molar-refractivity contribution >= 4 is 56.6 Å². The minimum Gasteiger partial charge on any atom is -0.380 e. The van der Waals surface area contributed by atoms with Gasteiger partial charge in [0.15, 0.2) is 0 Å². The predicted molar refractivity (Wildman–Crippen MR) is 160 cm³/mol. The number of pyridine rings is 1. The summed E-state index contributed by atoms with van der Waals surface area (Å²) >= 11 is 1.14. The number of carbonyl (C=O) groups is 1. The first kappa shape index (κ1) is 28.4. The van der Waals surface area contributed by atoms with Crippen LogP contribution in [0.25, 0.3) is 10.9 Å². The van der Waals surface area contributed by atoms with Gasteiger partial charge in [-0.3, -0.25) is 19.4 Å². The molecule has 1 amide bonds. The molecular weight excluding hydrogens is 583 g/mol. The number of anilines is 5. The summed E-state index contributed by atoms with van der Waals surface area (Å²) in [6, 6.07) is 14.2. The highest BCUT2D eigenvalue weighted by atomic mass is 32.1. The zero-order valence-electron chi connectivity index (χ0n) is 22.5.